The number of phenols is 1. The Kier molecular flexibility index (Phi) is 8.92. The molecule has 0 saturated heterocycles. The van der Waals surface area contributed by atoms with Crippen molar-refractivity contribution in [3.63, 3.8) is 0 Å². The monoisotopic (exact) mass is 357 g/mol. The average molecular weight is 357 g/mol. The molecule has 0 aliphatic rings. The topological polar surface area (TPSA) is 75.6 Å². The average Bonchev–Trinajstić information content (AvgIpc) is 2.65. The van der Waals surface area contributed by atoms with Gasteiger partial charge in [0.2, 0.25) is 5.91 Å². The van der Waals surface area contributed by atoms with Gasteiger partial charge in [0.15, 0.2) is 17.3 Å². The molecule has 0 spiro atoms. The Morgan fingerprint density at radius 1 is 1.08 bits per heavy atom. The van der Waals surface area contributed by atoms with Crippen LogP contribution in [0.25, 0.3) is 0 Å². The van der Waals surface area contributed by atoms with Gasteiger partial charge in [0.1, 0.15) is 0 Å². The number of amides is 1. The van der Waals surface area contributed by atoms with Gasteiger partial charge in [-0.05, 0) is 36.6 Å². The quantitative estimate of drug-likeness (QED) is 0.797. The number of methoxy groups -OCH3 is 1. The lowest BCUT2D eigenvalue weighted by Crippen LogP contribution is -2.42. The third-order valence-corrected chi connectivity index (χ3v) is 3.72. The first-order valence-electron chi connectivity index (χ1n) is 8.69. The number of aromatic hydroxyl groups is 1. The molecule has 0 fully saturated rings. The number of ketones is 1. The maximum atomic E-state index is 12.2. The van der Waals surface area contributed by atoms with Crippen molar-refractivity contribution in [1.82, 2.24) is 5.32 Å². The molecule has 0 aromatic heterocycles. The lowest BCUT2D eigenvalue weighted by atomic mass is 10.0. The Morgan fingerprint density at radius 3 is 2.31 bits per heavy atom. The van der Waals surface area contributed by atoms with Crippen LogP contribution in [-0.2, 0) is 22.4 Å². The van der Waals surface area contributed by atoms with Gasteiger partial charge in [-0.15, -0.1) is 0 Å². The lowest BCUT2D eigenvalue weighted by molar-refractivity contribution is -0.126. The van der Waals surface area contributed by atoms with E-state index in [2.05, 4.69) is 5.32 Å². The summed E-state index contributed by atoms with van der Waals surface area (Å²) in [6.45, 7) is 5.47. The second-order valence-electron chi connectivity index (χ2n) is 5.60. The number of ether oxygens (including phenoxy) is 1. The molecule has 26 heavy (non-hydrogen) atoms. The van der Waals surface area contributed by atoms with Crippen molar-refractivity contribution in [2.45, 2.75) is 39.7 Å². The van der Waals surface area contributed by atoms with E-state index in [9.17, 15) is 14.7 Å². The molecule has 0 aliphatic heterocycles. The molecule has 1 amide bonds. The number of rotatable bonds is 7. The van der Waals surface area contributed by atoms with E-state index in [0.29, 0.717) is 17.7 Å². The number of carbonyl (C=O) groups excluding carboxylic acids is 2. The Morgan fingerprint density at radius 2 is 1.73 bits per heavy atom. The van der Waals surface area contributed by atoms with Crippen molar-refractivity contribution in [1.29, 1.82) is 0 Å². The van der Waals surface area contributed by atoms with Gasteiger partial charge in [0.05, 0.1) is 19.6 Å². The van der Waals surface area contributed by atoms with Crippen LogP contribution in [0.4, 0.5) is 0 Å². The highest BCUT2D eigenvalue weighted by molar-refractivity contribution is 5.88. The number of nitrogens with one attached hydrogen (secondary N) is 1. The highest BCUT2D eigenvalue weighted by Crippen LogP contribution is 2.26. The van der Waals surface area contributed by atoms with Crippen LogP contribution in [0.3, 0.4) is 0 Å². The van der Waals surface area contributed by atoms with Crippen molar-refractivity contribution in [2.24, 2.45) is 0 Å². The summed E-state index contributed by atoms with van der Waals surface area (Å²) in [5.74, 6) is -0.00517. The molecule has 2 N–H and O–H groups in total. The molecule has 1 atom stereocenters. The molecule has 0 heterocycles. The lowest BCUT2D eigenvalue weighted by Gasteiger charge is -2.16. The molecule has 0 saturated carbocycles. The molecular weight excluding hydrogens is 330 g/mol. The van der Waals surface area contributed by atoms with Crippen molar-refractivity contribution in [2.75, 3.05) is 7.11 Å². The van der Waals surface area contributed by atoms with Crippen LogP contribution < -0.4 is 10.1 Å². The SMILES string of the molecule is CC.COc1cc(CC(=O)NC(Cc2ccccc2)C(C)=O)ccc1O. The largest absolute Gasteiger partial charge is 0.504 e. The maximum absolute atomic E-state index is 12.2. The van der Waals surface area contributed by atoms with E-state index in [4.69, 9.17) is 4.74 Å². The fourth-order valence-electron chi connectivity index (χ4n) is 2.41. The molecule has 2 aromatic rings. The number of benzene rings is 2. The maximum Gasteiger partial charge on any atom is 0.225 e. The van der Waals surface area contributed by atoms with Crippen LogP contribution in [0.5, 0.6) is 11.5 Å². The van der Waals surface area contributed by atoms with Crippen LogP contribution in [0.2, 0.25) is 0 Å². The van der Waals surface area contributed by atoms with Gasteiger partial charge < -0.3 is 15.2 Å². The summed E-state index contributed by atoms with van der Waals surface area (Å²) < 4.78 is 5.03. The Hall–Kier alpha value is -2.82. The minimum Gasteiger partial charge on any atom is -0.504 e. The van der Waals surface area contributed by atoms with Crippen molar-refractivity contribution in [3.8, 4) is 11.5 Å². The number of hydrogen-bond donors (Lipinski definition) is 2. The summed E-state index contributed by atoms with van der Waals surface area (Å²) in [5.41, 5.74) is 1.69. The van der Waals surface area contributed by atoms with E-state index < -0.39 is 6.04 Å². The van der Waals surface area contributed by atoms with Gasteiger partial charge in [0, 0.05) is 0 Å². The van der Waals surface area contributed by atoms with E-state index in [1.54, 1.807) is 12.1 Å². The highest BCUT2D eigenvalue weighted by Gasteiger charge is 2.18. The van der Waals surface area contributed by atoms with E-state index >= 15 is 0 Å². The summed E-state index contributed by atoms with van der Waals surface area (Å²) in [4.78, 5) is 24.0. The molecule has 140 valence electrons. The zero-order chi connectivity index (χ0) is 19.5. The Labute approximate surface area is 155 Å². The van der Waals surface area contributed by atoms with Crippen LogP contribution in [0, 0.1) is 0 Å². The zero-order valence-electron chi connectivity index (χ0n) is 15.8. The molecule has 0 bridgehead atoms. The van der Waals surface area contributed by atoms with Gasteiger partial charge in [0.25, 0.3) is 0 Å². The van der Waals surface area contributed by atoms with Gasteiger partial charge in [-0.25, -0.2) is 0 Å². The second kappa shape index (κ2) is 10.9. The van der Waals surface area contributed by atoms with E-state index in [1.165, 1.54) is 20.1 Å². The molecular formula is C21H27NO4. The normalized spacial score (nSPS) is 10.9. The first-order chi connectivity index (χ1) is 12.5. The third-order valence-electron chi connectivity index (χ3n) is 3.72. The van der Waals surface area contributed by atoms with Crippen molar-refractivity contribution < 1.29 is 19.4 Å². The number of Topliss-reactive ketones (excluding diaryl/α,β-unsaturated/α-hetero) is 1. The van der Waals surface area contributed by atoms with E-state index in [-0.39, 0.29) is 23.9 Å². The fraction of sp³-hybridized carbons (Fsp3) is 0.333. The van der Waals surface area contributed by atoms with Gasteiger partial charge >= 0.3 is 0 Å². The van der Waals surface area contributed by atoms with Crippen molar-refractivity contribution >= 4 is 11.7 Å². The first kappa shape index (κ1) is 21.2. The van der Waals surface area contributed by atoms with Gasteiger partial charge in [-0.2, -0.15) is 0 Å². The van der Waals surface area contributed by atoms with Gasteiger partial charge in [-0.3, -0.25) is 9.59 Å². The predicted molar refractivity (Wildman–Crippen MR) is 102 cm³/mol. The highest BCUT2D eigenvalue weighted by atomic mass is 16.5. The first-order valence-corrected chi connectivity index (χ1v) is 8.69. The minimum atomic E-state index is -0.557. The molecule has 1 unspecified atom stereocenters. The predicted octanol–water partition coefficient (Wildman–Crippen LogP) is 3.29. The van der Waals surface area contributed by atoms with Crippen LogP contribution in [-0.4, -0.2) is 29.9 Å². The number of hydrogen-bond acceptors (Lipinski definition) is 4. The van der Waals surface area contributed by atoms with E-state index in [0.717, 1.165) is 5.56 Å². The third kappa shape index (κ3) is 6.59. The van der Waals surface area contributed by atoms with Crippen LogP contribution >= 0.6 is 0 Å². The summed E-state index contributed by atoms with van der Waals surface area (Å²) >= 11 is 0. The minimum absolute atomic E-state index is 0.0207. The molecule has 0 aliphatic carbocycles. The van der Waals surface area contributed by atoms with Crippen LogP contribution in [0.15, 0.2) is 48.5 Å². The molecule has 2 aromatic carbocycles. The molecule has 0 radical (unpaired) electrons. The molecule has 2 rings (SSSR count). The molecule has 5 heteroatoms. The van der Waals surface area contributed by atoms with Crippen molar-refractivity contribution in [3.05, 3.63) is 59.7 Å². The summed E-state index contributed by atoms with van der Waals surface area (Å²) in [6.07, 6.45) is 0.565. The van der Waals surface area contributed by atoms with E-state index in [1.807, 2.05) is 44.2 Å². The number of carbonyl (C=O) groups is 2. The summed E-state index contributed by atoms with van der Waals surface area (Å²) in [7, 11) is 1.45. The smallest absolute Gasteiger partial charge is 0.225 e. The van der Waals surface area contributed by atoms with Gasteiger partial charge in [-0.1, -0.05) is 50.2 Å². The fourth-order valence-corrected chi connectivity index (χ4v) is 2.41. The zero-order valence-corrected chi connectivity index (χ0v) is 15.8. The molecule has 5 nitrogen and oxygen atoms in total. The standard InChI is InChI=1S/C19H21NO4.C2H6/c1-13(21)16(10-14-6-4-3-5-7-14)20-19(23)12-15-8-9-17(22)18(11-15)24-2;1-2/h3-9,11,16,22H,10,12H2,1-2H3,(H,20,23);1-2H3. The Bertz CT molecular complexity index is 713. The second-order valence-corrected chi connectivity index (χ2v) is 5.60. The Balaban J connectivity index is 0.00000163. The number of phenolic OH excluding ortho intramolecular Hbond substituents is 1. The summed E-state index contributed by atoms with van der Waals surface area (Å²) in [6, 6.07) is 13.7. The summed E-state index contributed by atoms with van der Waals surface area (Å²) in [5, 5.41) is 12.4. The van der Waals surface area contributed by atoms with Crippen LogP contribution in [0.1, 0.15) is 31.9 Å².